The van der Waals surface area contributed by atoms with Crippen LogP contribution in [0.1, 0.15) is 26.2 Å². The molecule has 70 valence electrons. The summed E-state index contributed by atoms with van der Waals surface area (Å²) in [6.07, 6.45) is -0.246. The molecule has 0 spiro atoms. The lowest BCUT2D eigenvalue weighted by atomic mass is 9.93. The fraction of sp³-hybridized carbons (Fsp3) is 0.875. The Morgan fingerprint density at radius 2 is 2.25 bits per heavy atom. The average Bonchev–Trinajstić information content (AvgIpc) is 2.04. The van der Waals surface area contributed by atoms with Gasteiger partial charge in [-0.1, -0.05) is 6.92 Å². The molecule has 0 amide bonds. The van der Waals surface area contributed by atoms with Crippen molar-refractivity contribution in [3.8, 4) is 0 Å². The first-order valence-electron chi connectivity index (χ1n) is 4.26. The van der Waals surface area contributed by atoms with Gasteiger partial charge in [-0.15, -0.1) is 0 Å². The minimum Gasteiger partial charge on any atom is -0.387 e. The Morgan fingerprint density at radius 3 is 2.67 bits per heavy atom. The maximum atomic E-state index is 12.2. The third kappa shape index (κ3) is 1.93. The van der Waals surface area contributed by atoms with Crippen LogP contribution in [0.5, 0.6) is 0 Å². The molecule has 0 bridgehead atoms. The normalized spacial score (nSPS) is 30.5. The third-order valence-electron chi connectivity index (χ3n) is 2.33. The van der Waals surface area contributed by atoms with E-state index in [-0.39, 0.29) is 5.92 Å². The molecule has 2 nitrogen and oxygen atoms in total. The minimum atomic E-state index is -2.36. The predicted molar refractivity (Wildman–Crippen MR) is 44.4 cm³/mol. The molecule has 4 heteroatoms. The first kappa shape index (κ1) is 9.42. The van der Waals surface area contributed by atoms with Gasteiger partial charge in [0.05, 0.1) is 5.84 Å². The number of nitrogens with zero attached hydrogens (tertiary/aromatic N) is 1. The van der Waals surface area contributed by atoms with Gasteiger partial charge in [-0.05, 0) is 19.3 Å². The highest BCUT2D eigenvalue weighted by atomic mass is 19.3. The van der Waals surface area contributed by atoms with Crippen LogP contribution in [-0.2, 0) is 0 Å². The van der Waals surface area contributed by atoms with Gasteiger partial charge in [-0.25, -0.2) is 8.78 Å². The highest BCUT2D eigenvalue weighted by Crippen LogP contribution is 2.23. The van der Waals surface area contributed by atoms with Crippen LogP contribution in [0.4, 0.5) is 8.78 Å². The van der Waals surface area contributed by atoms with Gasteiger partial charge in [-0.3, -0.25) is 4.99 Å². The molecule has 0 aromatic rings. The molecule has 0 aromatic heterocycles. The zero-order valence-corrected chi connectivity index (χ0v) is 7.13. The van der Waals surface area contributed by atoms with Crippen LogP contribution in [0.2, 0.25) is 0 Å². The summed E-state index contributed by atoms with van der Waals surface area (Å²) < 4.78 is 24.3. The van der Waals surface area contributed by atoms with Crippen LogP contribution in [-0.4, -0.2) is 18.3 Å². The monoisotopic (exact) mass is 176 g/mol. The summed E-state index contributed by atoms with van der Waals surface area (Å²) in [6, 6.07) is -0.854. The number of aliphatic imine (C=N–C) groups is 1. The third-order valence-corrected chi connectivity index (χ3v) is 2.33. The second-order valence-corrected chi connectivity index (χ2v) is 3.14. The molecule has 1 aliphatic heterocycles. The van der Waals surface area contributed by atoms with Crippen LogP contribution < -0.4 is 5.73 Å². The maximum absolute atomic E-state index is 12.2. The van der Waals surface area contributed by atoms with Gasteiger partial charge in [0.2, 0.25) is 0 Å². The number of hydrogen-bond acceptors (Lipinski definition) is 2. The van der Waals surface area contributed by atoms with Crippen molar-refractivity contribution in [2.24, 2.45) is 16.6 Å². The van der Waals surface area contributed by atoms with Crippen molar-refractivity contribution in [3.63, 3.8) is 0 Å². The van der Waals surface area contributed by atoms with E-state index < -0.39 is 12.5 Å². The van der Waals surface area contributed by atoms with Gasteiger partial charge in [0.25, 0.3) is 6.43 Å². The van der Waals surface area contributed by atoms with Gasteiger partial charge in [-0.2, -0.15) is 0 Å². The van der Waals surface area contributed by atoms with Gasteiger partial charge in [0.1, 0.15) is 6.04 Å². The molecule has 0 radical (unpaired) electrons. The van der Waals surface area contributed by atoms with Crippen molar-refractivity contribution < 1.29 is 8.78 Å². The van der Waals surface area contributed by atoms with Crippen molar-refractivity contribution >= 4 is 5.84 Å². The van der Waals surface area contributed by atoms with E-state index in [0.717, 1.165) is 12.8 Å². The van der Waals surface area contributed by atoms with E-state index in [0.29, 0.717) is 12.3 Å². The van der Waals surface area contributed by atoms with Crippen LogP contribution in [0.3, 0.4) is 0 Å². The zero-order chi connectivity index (χ0) is 9.14. The second kappa shape index (κ2) is 3.83. The number of amidine groups is 1. The molecular weight excluding hydrogens is 162 g/mol. The van der Waals surface area contributed by atoms with Gasteiger partial charge in [0, 0.05) is 5.92 Å². The molecular formula is C8H14F2N2. The van der Waals surface area contributed by atoms with Crippen LogP contribution in [0.15, 0.2) is 4.99 Å². The summed E-state index contributed by atoms with van der Waals surface area (Å²) in [7, 11) is 0. The molecule has 2 N–H and O–H groups in total. The summed E-state index contributed by atoms with van der Waals surface area (Å²) >= 11 is 0. The summed E-state index contributed by atoms with van der Waals surface area (Å²) in [5.74, 6) is 0.633. The molecule has 12 heavy (non-hydrogen) atoms. The molecule has 1 heterocycles. The fourth-order valence-electron chi connectivity index (χ4n) is 1.48. The average molecular weight is 176 g/mol. The first-order chi connectivity index (χ1) is 5.65. The number of nitrogens with two attached hydrogens (primary N) is 1. The van der Waals surface area contributed by atoms with Gasteiger partial charge >= 0.3 is 0 Å². The Bertz CT molecular complexity index is 180. The molecule has 0 aliphatic carbocycles. The standard InChI is InChI=1S/C8H14F2N2/c1-2-5-3-4-6(7(9)10)12-8(5)11/h5-7H,2-4H2,1H3,(H2,11,12). The van der Waals surface area contributed by atoms with Crippen LogP contribution in [0.25, 0.3) is 0 Å². The zero-order valence-electron chi connectivity index (χ0n) is 7.13. The molecule has 1 aliphatic rings. The van der Waals surface area contributed by atoms with E-state index in [9.17, 15) is 8.78 Å². The second-order valence-electron chi connectivity index (χ2n) is 3.14. The topological polar surface area (TPSA) is 38.4 Å². The first-order valence-corrected chi connectivity index (χ1v) is 4.26. The lowest BCUT2D eigenvalue weighted by Gasteiger charge is -2.24. The van der Waals surface area contributed by atoms with E-state index in [1.165, 1.54) is 0 Å². The number of halogens is 2. The predicted octanol–water partition coefficient (Wildman–Crippen LogP) is 1.80. The van der Waals surface area contributed by atoms with E-state index in [2.05, 4.69) is 4.99 Å². The molecule has 1 rings (SSSR count). The molecule has 0 aromatic carbocycles. The number of hydrogen-bond donors (Lipinski definition) is 1. The SMILES string of the molecule is CCC1CCC(C(F)F)N=C1N. The number of rotatable bonds is 2. The molecule has 0 fully saturated rings. The van der Waals surface area contributed by atoms with E-state index in [1.54, 1.807) is 0 Å². The van der Waals surface area contributed by atoms with E-state index in [4.69, 9.17) is 5.73 Å². The lowest BCUT2D eigenvalue weighted by Crippen LogP contribution is -2.33. The Hall–Kier alpha value is -0.670. The van der Waals surface area contributed by atoms with Crippen molar-refractivity contribution in [1.29, 1.82) is 0 Å². The van der Waals surface area contributed by atoms with Crippen molar-refractivity contribution in [1.82, 2.24) is 0 Å². The van der Waals surface area contributed by atoms with Crippen molar-refractivity contribution in [2.45, 2.75) is 38.7 Å². The van der Waals surface area contributed by atoms with Crippen LogP contribution in [0, 0.1) is 5.92 Å². The number of alkyl halides is 2. The Labute approximate surface area is 70.9 Å². The van der Waals surface area contributed by atoms with E-state index >= 15 is 0 Å². The molecule has 2 atom stereocenters. The summed E-state index contributed by atoms with van der Waals surface area (Å²) in [6.45, 7) is 2.00. The fourth-order valence-corrected chi connectivity index (χ4v) is 1.48. The highest BCUT2D eigenvalue weighted by Gasteiger charge is 2.26. The quantitative estimate of drug-likeness (QED) is 0.684. The van der Waals surface area contributed by atoms with Crippen molar-refractivity contribution in [2.75, 3.05) is 0 Å². The summed E-state index contributed by atoms with van der Waals surface area (Å²) in [4.78, 5) is 3.78. The molecule has 0 saturated carbocycles. The van der Waals surface area contributed by atoms with Gasteiger partial charge < -0.3 is 5.73 Å². The van der Waals surface area contributed by atoms with E-state index in [1.807, 2.05) is 6.92 Å². The minimum absolute atomic E-state index is 0.222. The largest absolute Gasteiger partial charge is 0.387 e. The van der Waals surface area contributed by atoms with Crippen molar-refractivity contribution in [3.05, 3.63) is 0 Å². The lowest BCUT2D eigenvalue weighted by molar-refractivity contribution is 0.107. The highest BCUT2D eigenvalue weighted by molar-refractivity contribution is 5.83. The Morgan fingerprint density at radius 1 is 1.58 bits per heavy atom. The molecule has 0 saturated heterocycles. The summed E-state index contributed by atoms with van der Waals surface area (Å²) in [5.41, 5.74) is 5.53. The van der Waals surface area contributed by atoms with Crippen LogP contribution >= 0.6 is 0 Å². The smallest absolute Gasteiger partial charge is 0.260 e. The Kier molecular flexibility index (Phi) is 3.00. The van der Waals surface area contributed by atoms with Gasteiger partial charge in [0.15, 0.2) is 0 Å². The Balaban J connectivity index is 2.61. The molecule has 2 unspecified atom stereocenters. The maximum Gasteiger partial charge on any atom is 0.260 e. The summed E-state index contributed by atoms with van der Waals surface area (Å²) in [5, 5.41) is 0.